The lowest BCUT2D eigenvalue weighted by Crippen LogP contribution is -2.57. The maximum atomic E-state index is 13.3. The van der Waals surface area contributed by atoms with Crippen molar-refractivity contribution >= 4 is 32.6 Å². The summed E-state index contributed by atoms with van der Waals surface area (Å²) in [6, 6.07) is 9.04. The zero-order valence-corrected chi connectivity index (χ0v) is 18.9. The van der Waals surface area contributed by atoms with E-state index < -0.39 is 9.84 Å². The number of nitrogens with zero attached hydrogens (tertiary/aromatic N) is 4. The van der Waals surface area contributed by atoms with Crippen LogP contribution in [0.1, 0.15) is 42.1 Å². The van der Waals surface area contributed by atoms with Crippen molar-refractivity contribution in [3.63, 3.8) is 0 Å². The molecule has 168 valence electrons. The molecule has 1 N–H and O–H groups in total. The average Bonchev–Trinajstić information content (AvgIpc) is 3.35. The van der Waals surface area contributed by atoms with Gasteiger partial charge in [-0.1, -0.05) is 19.1 Å². The number of sulfone groups is 1. The molecule has 1 saturated carbocycles. The minimum absolute atomic E-state index is 0.0135. The van der Waals surface area contributed by atoms with Crippen molar-refractivity contribution in [2.45, 2.75) is 37.5 Å². The molecule has 1 aliphatic carbocycles. The summed E-state index contributed by atoms with van der Waals surface area (Å²) in [7, 11) is -3.10. The predicted molar refractivity (Wildman–Crippen MR) is 123 cm³/mol. The molecule has 2 aromatic heterocycles. The molecule has 0 atom stereocenters. The van der Waals surface area contributed by atoms with E-state index in [0.717, 1.165) is 41.8 Å². The van der Waals surface area contributed by atoms with Crippen LogP contribution in [-0.2, 0) is 15.6 Å². The van der Waals surface area contributed by atoms with Crippen LogP contribution >= 0.6 is 0 Å². The van der Waals surface area contributed by atoms with Gasteiger partial charge in [0.25, 0.3) is 5.91 Å². The van der Waals surface area contributed by atoms with Crippen molar-refractivity contribution < 1.29 is 13.2 Å². The molecule has 2 fully saturated rings. The van der Waals surface area contributed by atoms with Gasteiger partial charge in [0, 0.05) is 31.4 Å². The minimum atomic E-state index is -3.10. The molecule has 3 heterocycles. The molecule has 2 aliphatic rings. The highest BCUT2D eigenvalue weighted by Gasteiger charge is 2.53. The Morgan fingerprint density at radius 1 is 1.12 bits per heavy atom. The Morgan fingerprint density at radius 3 is 2.62 bits per heavy atom. The first kappa shape index (κ1) is 20.9. The number of carbonyl (C=O) groups is 1. The second-order valence-corrected chi connectivity index (χ2v) is 11.0. The molecule has 0 unspecified atom stereocenters. The number of fused-ring (bicyclic) bond motifs is 1. The number of aromatic nitrogens is 3. The first-order chi connectivity index (χ1) is 15.4. The van der Waals surface area contributed by atoms with E-state index in [1.807, 2.05) is 24.1 Å². The van der Waals surface area contributed by atoms with E-state index in [1.54, 1.807) is 30.6 Å². The topological polar surface area (TPSA) is 99.3 Å². The van der Waals surface area contributed by atoms with E-state index >= 15 is 0 Å². The maximum Gasteiger partial charge on any atom is 0.254 e. The highest BCUT2D eigenvalue weighted by atomic mass is 32.2. The smallest absolute Gasteiger partial charge is 0.254 e. The van der Waals surface area contributed by atoms with Gasteiger partial charge >= 0.3 is 0 Å². The zero-order valence-electron chi connectivity index (χ0n) is 18.1. The number of anilines is 1. The Kier molecular flexibility index (Phi) is 5.16. The second-order valence-electron chi connectivity index (χ2n) is 8.83. The fraction of sp³-hybridized carbons (Fsp3) is 0.435. The number of carbonyl (C=O) groups excluding carboxylic acids is 1. The predicted octanol–water partition coefficient (Wildman–Crippen LogP) is 2.78. The lowest BCUT2D eigenvalue weighted by molar-refractivity contribution is 0.0624. The average molecular weight is 454 g/mol. The van der Waals surface area contributed by atoms with Crippen LogP contribution in [0, 0.1) is 0 Å². The molecule has 9 heteroatoms. The van der Waals surface area contributed by atoms with E-state index in [9.17, 15) is 13.2 Å². The molecule has 1 saturated heterocycles. The molecular weight excluding hydrogens is 426 g/mol. The summed E-state index contributed by atoms with van der Waals surface area (Å²) in [5.41, 5.74) is 1.99. The molecule has 8 nitrogen and oxygen atoms in total. The van der Waals surface area contributed by atoms with Crippen LogP contribution in [0.3, 0.4) is 0 Å². The summed E-state index contributed by atoms with van der Waals surface area (Å²) in [6.45, 7) is 3.95. The fourth-order valence-corrected chi connectivity index (χ4v) is 6.16. The van der Waals surface area contributed by atoms with E-state index in [0.29, 0.717) is 25.1 Å². The van der Waals surface area contributed by atoms with Gasteiger partial charge in [-0.25, -0.2) is 18.4 Å². The fourth-order valence-electron chi connectivity index (χ4n) is 4.69. The number of piperazine rings is 1. The first-order valence-electron chi connectivity index (χ1n) is 11.1. The molecule has 1 amide bonds. The summed E-state index contributed by atoms with van der Waals surface area (Å²) in [5, 5.41) is 0.997. The summed E-state index contributed by atoms with van der Waals surface area (Å²) < 4.78 is 24.2. The summed E-state index contributed by atoms with van der Waals surface area (Å²) in [5.74, 6) is 1.12. The monoisotopic (exact) mass is 453 g/mol. The molecule has 1 spiro atoms. The molecule has 1 aliphatic heterocycles. The first-order valence-corrected chi connectivity index (χ1v) is 12.9. The third-order valence-corrected chi connectivity index (χ3v) is 8.26. The van der Waals surface area contributed by atoms with Crippen LogP contribution in [-0.4, -0.2) is 65.1 Å². The molecule has 1 aromatic carbocycles. The Morgan fingerprint density at radius 2 is 1.91 bits per heavy atom. The van der Waals surface area contributed by atoms with E-state index in [4.69, 9.17) is 0 Å². The number of rotatable bonds is 6. The lowest BCUT2D eigenvalue weighted by atomic mass is 10.1. The van der Waals surface area contributed by atoms with Gasteiger partial charge in [0.05, 0.1) is 22.4 Å². The summed E-state index contributed by atoms with van der Waals surface area (Å²) in [4.78, 5) is 29.5. The van der Waals surface area contributed by atoms with Crippen molar-refractivity contribution in [2.24, 2.45) is 0 Å². The van der Waals surface area contributed by atoms with Crippen molar-refractivity contribution in [2.75, 3.05) is 30.3 Å². The van der Waals surface area contributed by atoms with Crippen molar-refractivity contribution in [3.05, 3.63) is 54.0 Å². The molecular formula is C23H27N5O3S. The van der Waals surface area contributed by atoms with Gasteiger partial charge < -0.3 is 14.8 Å². The number of benzene rings is 1. The Balaban J connectivity index is 1.31. The lowest BCUT2D eigenvalue weighted by Gasteiger charge is -2.43. The molecule has 0 radical (unpaired) electrons. The van der Waals surface area contributed by atoms with Crippen LogP contribution < -0.4 is 4.90 Å². The highest BCUT2D eigenvalue weighted by molar-refractivity contribution is 7.90. The number of nitrogens with one attached hydrogen (secondary N) is 1. The van der Waals surface area contributed by atoms with Crippen LogP contribution in [0.5, 0.6) is 0 Å². The zero-order chi connectivity index (χ0) is 22.3. The number of hydrogen-bond acceptors (Lipinski definition) is 6. The molecule has 0 bridgehead atoms. The van der Waals surface area contributed by atoms with E-state index in [1.165, 1.54) is 0 Å². The van der Waals surface area contributed by atoms with Crippen LogP contribution in [0.2, 0.25) is 0 Å². The summed E-state index contributed by atoms with van der Waals surface area (Å²) >= 11 is 0. The molecule has 3 aromatic rings. The third-order valence-electron chi connectivity index (χ3n) is 6.46. The normalized spacial score (nSPS) is 17.8. The number of aromatic amines is 1. The minimum Gasteiger partial charge on any atom is -0.352 e. The maximum absolute atomic E-state index is 13.3. The SMILES string of the molecule is CCCS(=O)(=O)Cc1ccc(C(=O)N2CCN(c3ncnc4[nH]ccc34)CC23CC3)cc1. The highest BCUT2D eigenvalue weighted by Crippen LogP contribution is 2.46. The Bertz CT molecular complexity index is 1250. The van der Waals surface area contributed by atoms with Gasteiger partial charge in [0.1, 0.15) is 17.8 Å². The van der Waals surface area contributed by atoms with E-state index in [2.05, 4.69) is 19.9 Å². The largest absolute Gasteiger partial charge is 0.352 e. The van der Waals surface area contributed by atoms with Gasteiger partial charge in [0.15, 0.2) is 9.84 Å². The molecule has 32 heavy (non-hydrogen) atoms. The van der Waals surface area contributed by atoms with Crippen LogP contribution in [0.25, 0.3) is 11.0 Å². The number of hydrogen-bond donors (Lipinski definition) is 1. The van der Waals surface area contributed by atoms with Gasteiger partial charge in [0.2, 0.25) is 0 Å². The Labute approximate surface area is 187 Å². The standard InChI is InChI=1S/C23H27N5O3S/c1-2-13-32(30,31)14-17-3-5-18(6-4-17)22(29)28-12-11-27(15-23(28)8-9-23)21-19-7-10-24-20(19)25-16-26-21/h3-7,10,16H,2,8-9,11-15H2,1H3,(H,24,25,26). The van der Waals surface area contributed by atoms with Gasteiger partial charge in [-0.3, -0.25) is 4.79 Å². The van der Waals surface area contributed by atoms with Crippen molar-refractivity contribution in [3.8, 4) is 0 Å². The quantitative estimate of drug-likeness (QED) is 0.616. The van der Waals surface area contributed by atoms with Crippen molar-refractivity contribution in [1.82, 2.24) is 19.9 Å². The number of amides is 1. The van der Waals surface area contributed by atoms with Crippen LogP contribution in [0.15, 0.2) is 42.9 Å². The van der Waals surface area contributed by atoms with Crippen LogP contribution in [0.4, 0.5) is 5.82 Å². The molecule has 5 rings (SSSR count). The summed E-state index contributed by atoms with van der Waals surface area (Å²) in [6.07, 6.45) is 6.01. The number of H-pyrrole nitrogens is 1. The Hall–Kier alpha value is -2.94. The van der Waals surface area contributed by atoms with Crippen molar-refractivity contribution in [1.29, 1.82) is 0 Å². The van der Waals surface area contributed by atoms with Gasteiger partial charge in [-0.05, 0) is 43.0 Å². The van der Waals surface area contributed by atoms with Gasteiger partial charge in [-0.15, -0.1) is 0 Å². The van der Waals surface area contributed by atoms with Gasteiger partial charge in [-0.2, -0.15) is 0 Å². The van der Waals surface area contributed by atoms with E-state index in [-0.39, 0.29) is 23.0 Å². The second kappa shape index (κ2) is 7.88. The third kappa shape index (κ3) is 3.85.